The highest BCUT2D eigenvalue weighted by molar-refractivity contribution is 5.95. The van der Waals surface area contributed by atoms with Crippen LogP contribution in [-0.4, -0.2) is 17.1 Å². The van der Waals surface area contributed by atoms with Gasteiger partial charge >= 0.3 is 0 Å². The molecule has 1 aliphatic rings. The van der Waals surface area contributed by atoms with Crippen molar-refractivity contribution in [1.29, 1.82) is 0 Å². The van der Waals surface area contributed by atoms with E-state index in [1.54, 1.807) is 12.1 Å². The van der Waals surface area contributed by atoms with Crippen molar-refractivity contribution >= 4 is 11.6 Å². The average molecular weight is 297 g/mol. The fourth-order valence-corrected chi connectivity index (χ4v) is 2.58. The molecular formula is C17H19N3O2. The molecule has 2 aromatic carbocycles. The van der Waals surface area contributed by atoms with Gasteiger partial charge in [0, 0.05) is 11.3 Å². The second-order valence-corrected chi connectivity index (χ2v) is 5.54. The maximum absolute atomic E-state index is 12.3. The Morgan fingerprint density at radius 3 is 2.59 bits per heavy atom. The smallest absolute Gasteiger partial charge is 0.242 e. The molecule has 0 aromatic heterocycles. The summed E-state index contributed by atoms with van der Waals surface area (Å²) in [5.41, 5.74) is 8.78. The van der Waals surface area contributed by atoms with Gasteiger partial charge in [-0.15, -0.1) is 0 Å². The van der Waals surface area contributed by atoms with Crippen LogP contribution in [0.5, 0.6) is 5.75 Å². The molecule has 1 amide bonds. The van der Waals surface area contributed by atoms with E-state index < -0.39 is 0 Å². The van der Waals surface area contributed by atoms with Crippen LogP contribution in [0.2, 0.25) is 0 Å². The molecule has 0 radical (unpaired) electrons. The van der Waals surface area contributed by atoms with Crippen LogP contribution in [0.1, 0.15) is 23.6 Å². The lowest BCUT2D eigenvalue weighted by atomic mass is 10.0. The number of para-hydroxylation sites is 1. The van der Waals surface area contributed by atoms with E-state index >= 15 is 0 Å². The van der Waals surface area contributed by atoms with Crippen LogP contribution in [-0.2, 0) is 4.79 Å². The van der Waals surface area contributed by atoms with Crippen molar-refractivity contribution in [3.63, 3.8) is 0 Å². The number of aromatic hydroxyl groups is 1. The molecule has 0 bridgehead atoms. The third kappa shape index (κ3) is 3.10. The van der Waals surface area contributed by atoms with Crippen LogP contribution in [0.25, 0.3) is 0 Å². The normalized spacial score (nSPS) is 20.8. The second-order valence-electron chi connectivity index (χ2n) is 5.54. The van der Waals surface area contributed by atoms with Crippen molar-refractivity contribution in [3.05, 3.63) is 59.7 Å². The average Bonchev–Trinajstić information content (AvgIpc) is 3.00. The Morgan fingerprint density at radius 2 is 1.86 bits per heavy atom. The number of nitrogens with one attached hydrogen (secondary N) is 3. The molecule has 1 fully saturated rings. The summed E-state index contributed by atoms with van der Waals surface area (Å²) in [6.45, 7) is 2.00. The number of hydrogen-bond donors (Lipinski definition) is 4. The first-order valence-electron chi connectivity index (χ1n) is 7.30. The van der Waals surface area contributed by atoms with E-state index in [2.05, 4.69) is 16.2 Å². The monoisotopic (exact) mass is 297 g/mol. The SMILES string of the molecule is Cc1ccc(NC(=O)C2CC(c3ccccc3O)NN2)cc1. The molecule has 114 valence electrons. The number of amides is 1. The van der Waals surface area contributed by atoms with Gasteiger partial charge in [0.15, 0.2) is 0 Å². The zero-order chi connectivity index (χ0) is 15.5. The lowest BCUT2D eigenvalue weighted by Crippen LogP contribution is -2.39. The first-order chi connectivity index (χ1) is 10.6. The number of benzene rings is 2. The predicted molar refractivity (Wildman–Crippen MR) is 85.3 cm³/mol. The van der Waals surface area contributed by atoms with E-state index in [1.165, 1.54) is 0 Å². The van der Waals surface area contributed by atoms with Crippen molar-refractivity contribution in [1.82, 2.24) is 10.9 Å². The van der Waals surface area contributed by atoms with Gasteiger partial charge in [0.1, 0.15) is 11.8 Å². The van der Waals surface area contributed by atoms with E-state index in [1.807, 2.05) is 43.3 Å². The number of hydrogen-bond acceptors (Lipinski definition) is 4. The Labute approximate surface area is 129 Å². The number of carbonyl (C=O) groups excluding carboxylic acids is 1. The van der Waals surface area contributed by atoms with Crippen molar-refractivity contribution in [3.8, 4) is 5.75 Å². The predicted octanol–water partition coefficient (Wildman–Crippen LogP) is 2.25. The van der Waals surface area contributed by atoms with Gasteiger partial charge in [-0.1, -0.05) is 35.9 Å². The number of rotatable bonds is 3. The van der Waals surface area contributed by atoms with Crippen LogP contribution in [0.4, 0.5) is 5.69 Å². The van der Waals surface area contributed by atoms with Crippen LogP contribution in [0, 0.1) is 6.92 Å². The first-order valence-corrected chi connectivity index (χ1v) is 7.30. The van der Waals surface area contributed by atoms with E-state index in [9.17, 15) is 9.90 Å². The Kier molecular flexibility index (Phi) is 4.09. The number of carbonyl (C=O) groups is 1. The van der Waals surface area contributed by atoms with Gasteiger partial charge in [-0.05, 0) is 31.5 Å². The van der Waals surface area contributed by atoms with Crippen LogP contribution in [0.15, 0.2) is 48.5 Å². The van der Waals surface area contributed by atoms with Crippen molar-refractivity contribution in [2.24, 2.45) is 0 Å². The number of anilines is 1. The minimum Gasteiger partial charge on any atom is -0.508 e. The lowest BCUT2D eigenvalue weighted by molar-refractivity contribution is -0.117. The summed E-state index contributed by atoms with van der Waals surface area (Å²) in [6, 6.07) is 14.4. The fourth-order valence-electron chi connectivity index (χ4n) is 2.58. The minimum absolute atomic E-state index is 0.0880. The fraction of sp³-hybridized carbons (Fsp3) is 0.235. The summed E-state index contributed by atoms with van der Waals surface area (Å²) in [5.74, 6) is 0.149. The first kappa shape index (κ1) is 14.6. The van der Waals surface area contributed by atoms with Crippen LogP contribution in [0.3, 0.4) is 0 Å². The van der Waals surface area contributed by atoms with Gasteiger partial charge in [0.2, 0.25) is 5.91 Å². The van der Waals surface area contributed by atoms with Gasteiger partial charge in [-0.3, -0.25) is 4.79 Å². The molecular weight excluding hydrogens is 278 g/mol. The summed E-state index contributed by atoms with van der Waals surface area (Å²) >= 11 is 0. The van der Waals surface area contributed by atoms with Crippen LogP contribution >= 0.6 is 0 Å². The Bertz CT molecular complexity index is 670. The van der Waals surface area contributed by atoms with Crippen molar-refractivity contribution in [2.75, 3.05) is 5.32 Å². The standard InChI is InChI=1S/C17H19N3O2/c1-11-6-8-12(9-7-11)18-17(22)15-10-14(19-20-15)13-4-2-3-5-16(13)21/h2-9,14-15,19-21H,10H2,1H3,(H,18,22). The molecule has 0 saturated carbocycles. The lowest BCUT2D eigenvalue weighted by Gasteiger charge is -2.11. The topological polar surface area (TPSA) is 73.4 Å². The van der Waals surface area contributed by atoms with E-state index in [4.69, 9.17) is 0 Å². The molecule has 2 atom stereocenters. The molecule has 5 heteroatoms. The Morgan fingerprint density at radius 1 is 1.14 bits per heavy atom. The molecule has 1 heterocycles. The molecule has 0 spiro atoms. The third-order valence-electron chi connectivity index (χ3n) is 3.85. The molecule has 5 nitrogen and oxygen atoms in total. The maximum Gasteiger partial charge on any atom is 0.242 e. The molecule has 2 aromatic rings. The van der Waals surface area contributed by atoms with Gasteiger partial charge in [-0.2, -0.15) is 0 Å². The molecule has 22 heavy (non-hydrogen) atoms. The number of phenols is 1. The molecule has 1 aliphatic heterocycles. The molecule has 2 unspecified atom stereocenters. The molecule has 3 rings (SSSR count). The minimum atomic E-state index is -0.342. The van der Waals surface area contributed by atoms with Gasteiger partial charge in [-0.25, -0.2) is 10.9 Å². The largest absolute Gasteiger partial charge is 0.508 e. The summed E-state index contributed by atoms with van der Waals surface area (Å²) in [5, 5.41) is 12.8. The number of phenolic OH excluding ortho intramolecular Hbond substituents is 1. The van der Waals surface area contributed by atoms with Gasteiger partial charge in [0.05, 0.1) is 6.04 Å². The summed E-state index contributed by atoms with van der Waals surface area (Å²) in [6.07, 6.45) is 0.579. The third-order valence-corrected chi connectivity index (χ3v) is 3.85. The summed E-state index contributed by atoms with van der Waals surface area (Å²) in [7, 11) is 0. The van der Waals surface area contributed by atoms with Crippen LogP contribution < -0.4 is 16.2 Å². The highest BCUT2D eigenvalue weighted by Gasteiger charge is 2.31. The van der Waals surface area contributed by atoms with Crippen molar-refractivity contribution in [2.45, 2.75) is 25.4 Å². The van der Waals surface area contributed by atoms with E-state index in [0.717, 1.165) is 16.8 Å². The molecule has 0 aliphatic carbocycles. The van der Waals surface area contributed by atoms with Crippen molar-refractivity contribution < 1.29 is 9.90 Å². The summed E-state index contributed by atoms with van der Waals surface area (Å²) < 4.78 is 0. The highest BCUT2D eigenvalue weighted by atomic mass is 16.3. The van der Waals surface area contributed by atoms with Gasteiger partial charge in [0.25, 0.3) is 0 Å². The zero-order valence-corrected chi connectivity index (χ0v) is 12.3. The number of aryl methyl sites for hydroxylation is 1. The molecule has 1 saturated heterocycles. The Hall–Kier alpha value is -2.37. The van der Waals surface area contributed by atoms with E-state index in [0.29, 0.717) is 6.42 Å². The van der Waals surface area contributed by atoms with E-state index in [-0.39, 0.29) is 23.7 Å². The Balaban J connectivity index is 1.64. The quantitative estimate of drug-likeness (QED) is 0.701. The molecule has 4 N–H and O–H groups in total. The summed E-state index contributed by atoms with van der Waals surface area (Å²) in [4.78, 5) is 12.3. The highest BCUT2D eigenvalue weighted by Crippen LogP contribution is 2.29. The van der Waals surface area contributed by atoms with Gasteiger partial charge < -0.3 is 10.4 Å². The maximum atomic E-state index is 12.3. The number of hydrazine groups is 1. The second kappa shape index (κ2) is 6.17. The zero-order valence-electron chi connectivity index (χ0n) is 12.3.